The van der Waals surface area contributed by atoms with Crippen LogP contribution in [-0.2, 0) is 0 Å². The van der Waals surface area contributed by atoms with Crippen LogP contribution in [0.15, 0.2) is 60.9 Å². The number of benzene rings is 2. The number of amides is 1. The lowest BCUT2D eigenvalue weighted by molar-refractivity contribution is -0.0195. The normalized spacial score (nSPS) is 20.8. The van der Waals surface area contributed by atoms with Crippen molar-refractivity contribution in [3.8, 4) is 5.75 Å². The highest BCUT2D eigenvalue weighted by Gasteiger charge is 2.43. The van der Waals surface area contributed by atoms with Crippen molar-refractivity contribution < 1.29 is 9.53 Å². The Morgan fingerprint density at radius 1 is 1.10 bits per heavy atom. The van der Waals surface area contributed by atoms with E-state index >= 15 is 0 Å². The summed E-state index contributed by atoms with van der Waals surface area (Å²) in [5.41, 5.74) is 1.46. The first-order valence-electron chi connectivity index (χ1n) is 10.2. The molecule has 3 aromatic rings. The minimum absolute atomic E-state index is 0.0742. The molecule has 0 saturated carbocycles. The molecule has 1 unspecified atom stereocenters. The van der Waals surface area contributed by atoms with Crippen molar-refractivity contribution in [1.29, 1.82) is 0 Å². The van der Waals surface area contributed by atoms with Gasteiger partial charge < -0.3 is 15.0 Å². The van der Waals surface area contributed by atoms with E-state index in [2.05, 4.69) is 28.3 Å². The Hall–Kier alpha value is -2.92. The van der Waals surface area contributed by atoms with Gasteiger partial charge in [0.25, 0.3) is 5.91 Å². The van der Waals surface area contributed by atoms with Crippen molar-refractivity contribution >= 4 is 16.7 Å². The van der Waals surface area contributed by atoms with Gasteiger partial charge in [0.1, 0.15) is 11.4 Å². The zero-order valence-corrected chi connectivity index (χ0v) is 16.6. The molecule has 2 aliphatic heterocycles. The third-order valence-electron chi connectivity index (χ3n) is 6.31. The number of piperidine rings is 1. The van der Waals surface area contributed by atoms with Crippen molar-refractivity contribution in [2.75, 3.05) is 20.1 Å². The lowest BCUT2D eigenvalue weighted by atomic mass is 9.80. The topological polar surface area (TPSA) is 54.5 Å². The third-order valence-corrected chi connectivity index (χ3v) is 6.31. The molecular weight excluding hydrogens is 362 g/mol. The highest BCUT2D eigenvalue weighted by molar-refractivity contribution is 6.06. The summed E-state index contributed by atoms with van der Waals surface area (Å²) in [4.78, 5) is 19.9. The maximum absolute atomic E-state index is 13.3. The van der Waals surface area contributed by atoms with Crippen LogP contribution in [-0.4, -0.2) is 41.5 Å². The molecule has 1 N–H and O–H groups in total. The van der Waals surface area contributed by atoms with Crippen molar-refractivity contribution in [3.05, 3.63) is 72.1 Å². The highest BCUT2D eigenvalue weighted by Crippen LogP contribution is 2.44. The molecule has 2 aliphatic rings. The lowest BCUT2D eigenvalue weighted by Gasteiger charge is -2.46. The van der Waals surface area contributed by atoms with Crippen LogP contribution >= 0.6 is 0 Å². The number of nitrogens with one attached hydrogen (secondary N) is 1. The van der Waals surface area contributed by atoms with Crippen molar-refractivity contribution in [2.24, 2.45) is 0 Å². The second-order valence-electron chi connectivity index (χ2n) is 8.26. The van der Waals surface area contributed by atoms with Gasteiger partial charge in [0.2, 0.25) is 0 Å². The Morgan fingerprint density at radius 3 is 2.72 bits per heavy atom. The highest BCUT2D eigenvalue weighted by atomic mass is 16.5. The number of hydrogen-bond donors (Lipinski definition) is 1. The van der Waals surface area contributed by atoms with E-state index in [1.165, 1.54) is 0 Å². The van der Waals surface area contributed by atoms with Crippen LogP contribution in [0.5, 0.6) is 5.75 Å². The summed E-state index contributed by atoms with van der Waals surface area (Å²) in [5.74, 6) is 0.809. The van der Waals surface area contributed by atoms with E-state index in [1.54, 1.807) is 12.4 Å². The molecule has 29 heavy (non-hydrogen) atoms. The molecule has 5 heteroatoms. The smallest absolute Gasteiger partial charge is 0.253 e. The van der Waals surface area contributed by atoms with Crippen LogP contribution in [0.2, 0.25) is 0 Å². The van der Waals surface area contributed by atoms with Crippen molar-refractivity contribution in [2.45, 2.75) is 30.9 Å². The lowest BCUT2D eigenvalue weighted by Crippen LogP contribution is -2.51. The Balaban J connectivity index is 1.47. The molecule has 148 valence electrons. The van der Waals surface area contributed by atoms with Crippen LogP contribution < -0.4 is 10.1 Å². The number of likely N-dealkylation sites (tertiary alicyclic amines) is 1. The fourth-order valence-corrected chi connectivity index (χ4v) is 4.61. The van der Waals surface area contributed by atoms with E-state index in [0.717, 1.165) is 54.4 Å². The number of pyridine rings is 1. The van der Waals surface area contributed by atoms with Crippen LogP contribution in [0.25, 0.3) is 10.8 Å². The number of aromatic nitrogens is 1. The first-order valence-corrected chi connectivity index (χ1v) is 10.2. The zero-order valence-electron chi connectivity index (χ0n) is 16.6. The van der Waals surface area contributed by atoms with Gasteiger partial charge in [-0.15, -0.1) is 0 Å². The van der Waals surface area contributed by atoms with Gasteiger partial charge in [-0.3, -0.25) is 9.78 Å². The van der Waals surface area contributed by atoms with Gasteiger partial charge in [-0.2, -0.15) is 0 Å². The van der Waals surface area contributed by atoms with Crippen LogP contribution in [0.4, 0.5) is 0 Å². The number of ether oxygens (including phenoxy) is 1. The fraction of sp³-hybridized carbons (Fsp3) is 0.333. The van der Waals surface area contributed by atoms with E-state index in [9.17, 15) is 4.79 Å². The molecule has 1 spiro atoms. The standard InChI is InChI=1S/C24H25N3O2/c1-27-12-10-24(11-13-27)14-21(19-8-4-5-9-22(19)29-24)26-23(28)20-16-25-15-17-6-2-3-7-18(17)20/h2-9,15-16,21H,10-14H2,1H3,(H,26,28). The first-order chi connectivity index (χ1) is 14.1. The summed E-state index contributed by atoms with van der Waals surface area (Å²) < 4.78 is 6.51. The predicted molar refractivity (Wildman–Crippen MR) is 113 cm³/mol. The van der Waals surface area contributed by atoms with E-state index < -0.39 is 0 Å². The molecule has 5 rings (SSSR count). The summed E-state index contributed by atoms with van der Waals surface area (Å²) in [6.07, 6.45) is 6.19. The summed E-state index contributed by atoms with van der Waals surface area (Å²) in [7, 11) is 2.15. The average molecular weight is 387 g/mol. The third kappa shape index (κ3) is 3.36. The Morgan fingerprint density at radius 2 is 1.86 bits per heavy atom. The molecular formula is C24H25N3O2. The number of carbonyl (C=O) groups is 1. The molecule has 0 radical (unpaired) electrons. The summed E-state index contributed by atoms with van der Waals surface area (Å²) in [6, 6.07) is 15.9. The molecule has 2 aromatic carbocycles. The van der Waals surface area contributed by atoms with Crippen LogP contribution in [0, 0.1) is 0 Å². The summed E-state index contributed by atoms with van der Waals surface area (Å²) in [6.45, 7) is 2.02. The van der Waals surface area contributed by atoms with Gasteiger partial charge in [0.15, 0.2) is 0 Å². The predicted octanol–water partition coefficient (Wildman–Crippen LogP) is 3.95. The van der Waals surface area contributed by atoms with Gasteiger partial charge in [-0.1, -0.05) is 42.5 Å². The molecule has 5 nitrogen and oxygen atoms in total. The Labute approximate surface area is 170 Å². The van der Waals surface area contributed by atoms with Gasteiger partial charge in [-0.25, -0.2) is 0 Å². The zero-order chi connectivity index (χ0) is 19.8. The average Bonchev–Trinajstić information content (AvgIpc) is 2.75. The molecule has 1 amide bonds. The number of para-hydroxylation sites is 1. The van der Waals surface area contributed by atoms with Gasteiger partial charge >= 0.3 is 0 Å². The molecule has 0 aliphatic carbocycles. The second-order valence-corrected chi connectivity index (χ2v) is 8.26. The molecule has 1 aromatic heterocycles. The Bertz CT molecular complexity index is 1050. The number of rotatable bonds is 2. The maximum Gasteiger partial charge on any atom is 0.253 e. The fourth-order valence-electron chi connectivity index (χ4n) is 4.61. The van der Waals surface area contributed by atoms with Crippen molar-refractivity contribution in [3.63, 3.8) is 0 Å². The minimum atomic E-state index is -0.212. The van der Waals surface area contributed by atoms with Gasteiger partial charge in [-0.05, 0) is 31.3 Å². The van der Waals surface area contributed by atoms with Crippen LogP contribution in [0.1, 0.15) is 41.2 Å². The molecule has 1 atom stereocenters. The molecule has 1 saturated heterocycles. The first kappa shape index (κ1) is 18.1. The summed E-state index contributed by atoms with van der Waals surface area (Å²) in [5, 5.41) is 5.19. The second kappa shape index (κ2) is 7.16. The monoisotopic (exact) mass is 387 g/mol. The van der Waals surface area contributed by atoms with Gasteiger partial charge in [0, 0.05) is 42.9 Å². The summed E-state index contributed by atoms with van der Waals surface area (Å²) >= 11 is 0. The molecule has 3 heterocycles. The van der Waals surface area contributed by atoms with Crippen molar-refractivity contribution in [1.82, 2.24) is 15.2 Å². The minimum Gasteiger partial charge on any atom is -0.487 e. The van der Waals surface area contributed by atoms with Gasteiger partial charge in [0.05, 0.1) is 11.6 Å². The quantitative estimate of drug-likeness (QED) is 0.723. The molecule has 1 fully saturated rings. The SMILES string of the molecule is CN1CCC2(CC1)CC(NC(=O)c1cncc3ccccc13)c1ccccc1O2. The van der Waals surface area contributed by atoms with E-state index in [1.807, 2.05) is 42.5 Å². The number of hydrogen-bond acceptors (Lipinski definition) is 4. The maximum atomic E-state index is 13.3. The number of carbonyl (C=O) groups excluding carboxylic acids is 1. The van der Waals surface area contributed by atoms with Crippen LogP contribution in [0.3, 0.4) is 0 Å². The number of fused-ring (bicyclic) bond motifs is 2. The largest absolute Gasteiger partial charge is 0.487 e. The molecule has 0 bridgehead atoms. The van der Waals surface area contributed by atoms with E-state index in [-0.39, 0.29) is 17.6 Å². The number of nitrogens with zero attached hydrogens (tertiary/aromatic N) is 2. The van der Waals surface area contributed by atoms with E-state index in [0.29, 0.717) is 5.56 Å². The van der Waals surface area contributed by atoms with E-state index in [4.69, 9.17) is 4.74 Å². The Kier molecular flexibility index (Phi) is 4.47.